The number of amides is 2. The van der Waals surface area contributed by atoms with Gasteiger partial charge in [-0.3, -0.25) is 9.69 Å². The first-order valence-corrected chi connectivity index (χ1v) is 7.54. The van der Waals surface area contributed by atoms with Gasteiger partial charge in [0.15, 0.2) is 5.76 Å². The van der Waals surface area contributed by atoms with E-state index in [4.69, 9.17) is 9.15 Å². The molecule has 2 amide bonds. The van der Waals surface area contributed by atoms with E-state index in [1.54, 1.807) is 29.2 Å². The zero-order chi connectivity index (χ0) is 16.4. The van der Waals surface area contributed by atoms with Gasteiger partial charge in [-0.25, -0.2) is 4.79 Å². The normalized spacial score (nSPS) is 14.0. The van der Waals surface area contributed by atoms with Crippen LogP contribution in [0, 0.1) is 6.92 Å². The molecule has 1 aromatic heterocycles. The molecule has 0 spiro atoms. The molecule has 6 nitrogen and oxygen atoms in total. The molecule has 1 aliphatic heterocycles. The lowest BCUT2D eigenvalue weighted by atomic mass is 10.1. The number of nitrogens with zero attached hydrogens (tertiary/aromatic N) is 1. The third-order valence-corrected chi connectivity index (χ3v) is 3.84. The van der Waals surface area contributed by atoms with Crippen LogP contribution in [0.4, 0.5) is 16.2 Å². The molecule has 0 unspecified atom stereocenters. The molecule has 1 aliphatic rings. The zero-order valence-corrected chi connectivity index (χ0v) is 13.1. The van der Waals surface area contributed by atoms with Crippen molar-refractivity contribution in [1.82, 2.24) is 0 Å². The second-order valence-corrected chi connectivity index (χ2v) is 5.29. The van der Waals surface area contributed by atoms with Crippen LogP contribution in [0.5, 0.6) is 0 Å². The molecule has 2 heterocycles. The Morgan fingerprint density at radius 3 is 2.78 bits per heavy atom. The van der Waals surface area contributed by atoms with Gasteiger partial charge in [0, 0.05) is 12.1 Å². The van der Waals surface area contributed by atoms with E-state index in [0.717, 1.165) is 23.4 Å². The highest BCUT2D eigenvalue weighted by Crippen LogP contribution is 2.29. The van der Waals surface area contributed by atoms with Crippen molar-refractivity contribution in [2.75, 3.05) is 23.4 Å². The van der Waals surface area contributed by atoms with Crippen LogP contribution in [-0.4, -0.2) is 25.2 Å². The largest absolute Gasteiger partial charge is 0.456 e. The Morgan fingerprint density at radius 2 is 2.13 bits per heavy atom. The number of anilines is 2. The third-order valence-electron chi connectivity index (χ3n) is 3.84. The molecule has 0 saturated carbocycles. The van der Waals surface area contributed by atoms with Crippen LogP contribution in [-0.2, 0) is 11.2 Å². The summed E-state index contributed by atoms with van der Waals surface area (Å²) in [6.07, 6.45) is 0.369. The predicted octanol–water partition coefficient (Wildman–Crippen LogP) is 3.36. The lowest BCUT2D eigenvalue weighted by Gasteiger charge is -2.18. The summed E-state index contributed by atoms with van der Waals surface area (Å²) < 4.78 is 10.4. The first-order valence-electron chi connectivity index (χ1n) is 7.54. The molecule has 6 heteroatoms. The molecule has 120 valence electrons. The van der Waals surface area contributed by atoms with Gasteiger partial charge in [-0.05, 0) is 36.8 Å². The Labute approximate surface area is 134 Å². The fourth-order valence-corrected chi connectivity index (χ4v) is 2.54. The number of hydrogen-bond acceptors (Lipinski definition) is 4. The summed E-state index contributed by atoms with van der Waals surface area (Å²) in [6.45, 7) is 4.70. The topological polar surface area (TPSA) is 71.8 Å². The number of ether oxygens (including phenoxy) is 1. The molecular formula is C17H18N2O4. The number of aryl methyl sites for hydroxylation is 1. The Kier molecular flexibility index (Phi) is 4.06. The van der Waals surface area contributed by atoms with Gasteiger partial charge in [-0.15, -0.1) is 0 Å². The molecule has 0 bridgehead atoms. The van der Waals surface area contributed by atoms with Crippen molar-refractivity contribution in [3.05, 3.63) is 47.4 Å². The number of furan rings is 1. The van der Waals surface area contributed by atoms with E-state index >= 15 is 0 Å². The van der Waals surface area contributed by atoms with Crippen molar-refractivity contribution in [2.45, 2.75) is 20.3 Å². The van der Waals surface area contributed by atoms with Gasteiger partial charge in [0.1, 0.15) is 12.4 Å². The second kappa shape index (κ2) is 6.16. The van der Waals surface area contributed by atoms with E-state index in [1.165, 1.54) is 0 Å². The minimum atomic E-state index is -0.366. The first-order chi connectivity index (χ1) is 11.1. The SMILES string of the molecule is CCc1ccc(C(=O)Nc2cccc(N3CCOC3=O)c2C)o1. The maximum absolute atomic E-state index is 12.3. The van der Waals surface area contributed by atoms with Crippen molar-refractivity contribution in [3.63, 3.8) is 0 Å². The van der Waals surface area contributed by atoms with E-state index in [1.807, 2.05) is 19.9 Å². The highest BCUT2D eigenvalue weighted by molar-refractivity contribution is 6.03. The fraction of sp³-hybridized carbons (Fsp3) is 0.294. The predicted molar refractivity (Wildman–Crippen MR) is 85.9 cm³/mol. The van der Waals surface area contributed by atoms with Crippen LogP contribution in [0.3, 0.4) is 0 Å². The molecule has 2 aromatic rings. The van der Waals surface area contributed by atoms with Gasteiger partial charge in [0.05, 0.1) is 12.2 Å². The Morgan fingerprint density at radius 1 is 1.30 bits per heavy atom. The monoisotopic (exact) mass is 314 g/mol. The molecule has 1 saturated heterocycles. The first kappa shape index (κ1) is 15.1. The molecule has 3 rings (SSSR count). The van der Waals surface area contributed by atoms with E-state index in [9.17, 15) is 9.59 Å². The van der Waals surface area contributed by atoms with E-state index in [-0.39, 0.29) is 17.8 Å². The minimum Gasteiger partial charge on any atom is -0.456 e. The molecule has 1 fully saturated rings. The van der Waals surface area contributed by atoms with Crippen LogP contribution in [0.15, 0.2) is 34.7 Å². The minimum absolute atomic E-state index is 0.271. The van der Waals surface area contributed by atoms with Crippen molar-refractivity contribution in [1.29, 1.82) is 0 Å². The van der Waals surface area contributed by atoms with Gasteiger partial charge in [-0.1, -0.05) is 13.0 Å². The van der Waals surface area contributed by atoms with Gasteiger partial charge in [0.2, 0.25) is 0 Å². The van der Waals surface area contributed by atoms with Crippen molar-refractivity contribution in [2.24, 2.45) is 0 Å². The summed E-state index contributed by atoms with van der Waals surface area (Å²) in [7, 11) is 0. The highest BCUT2D eigenvalue weighted by atomic mass is 16.6. The lowest BCUT2D eigenvalue weighted by molar-refractivity contribution is 0.0995. The summed E-state index contributed by atoms with van der Waals surface area (Å²) in [5.74, 6) is 0.724. The van der Waals surface area contributed by atoms with Gasteiger partial charge < -0.3 is 14.5 Å². The zero-order valence-electron chi connectivity index (χ0n) is 13.1. The Hall–Kier alpha value is -2.76. The summed E-state index contributed by atoms with van der Waals surface area (Å²) in [5, 5.41) is 2.83. The van der Waals surface area contributed by atoms with Crippen molar-refractivity contribution >= 4 is 23.4 Å². The maximum atomic E-state index is 12.3. The van der Waals surface area contributed by atoms with E-state index in [2.05, 4.69) is 5.32 Å². The fourth-order valence-electron chi connectivity index (χ4n) is 2.54. The molecule has 0 atom stereocenters. The highest BCUT2D eigenvalue weighted by Gasteiger charge is 2.25. The molecule has 1 aromatic carbocycles. The van der Waals surface area contributed by atoms with Crippen molar-refractivity contribution < 1.29 is 18.7 Å². The summed E-state index contributed by atoms with van der Waals surface area (Å²) >= 11 is 0. The number of hydrogen-bond donors (Lipinski definition) is 1. The lowest BCUT2D eigenvalue weighted by Crippen LogP contribution is -2.24. The van der Waals surface area contributed by atoms with Gasteiger partial charge in [-0.2, -0.15) is 0 Å². The number of cyclic esters (lactones) is 1. The van der Waals surface area contributed by atoms with Crippen LogP contribution in [0.2, 0.25) is 0 Å². The van der Waals surface area contributed by atoms with Crippen molar-refractivity contribution in [3.8, 4) is 0 Å². The quantitative estimate of drug-likeness (QED) is 0.939. The third kappa shape index (κ3) is 2.92. The maximum Gasteiger partial charge on any atom is 0.414 e. The molecule has 0 aliphatic carbocycles. The summed E-state index contributed by atoms with van der Waals surface area (Å²) in [6, 6.07) is 8.87. The van der Waals surface area contributed by atoms with E-state index < -0.39 is 0 Å². The summed E-state index contributed by atoms with van der Waals surface area (Å²) in [5.41, 5.74) is 2.18. The standard InChI is InChI=1S/C17H18N2O4/c1-3-12-7-8-15(23-12)16(20)18-13-5-4-6-14(11(13)2)19-9-10-22-17(19)21/h4-8H,3,9-10H2,1-2H3,(H,18,20). The second-order valence-electron chi connectivity index (χ2n) is 5.29. The van der Waals surface area contributed by atoms with Crippen LogP contribution < -0.4 is 10.2 Å². The van der Waals surface area contributed by atoms with Crippen LogP contribution in [0.25, 0.3) is 0 Å². The number of carbonyl (C=O) groups excluding carboxylic acids is 2. The smallest absolute Gasteiger partial charge is 0.414 e. The van der Waals surface area contributed by atoms with Crippen LogP contribution in [0.1, 0.15) is 28.8 Å². The molecule has 1 N–H and O–H groups in total. The Balaban J connectivity index is 1.83. The van der Waals surface area contributed by atoms with Gasteiger partial charge in [0.25, 0.3) is 5.91 Å². The summed E-state index contributed by atoms with van der Waals surface area (Å²) in [4.78, 5) is 25.6. The number of nitrogens with one attached hydrogen (secondary N) is 1. The number of carbonyl (C=O) groups is 2. The average Bonchev–Trinajstić information content (AvgIpc) is 3.18. The number of rotatable bonds is 4. The van der Waals surface area contributed by atoms with E-state index in [0.29, 0.717) is 18.8 Å². The number of benzene rings is 1. The molecule has 23 heavy (non-hydrogen) atoms. The molecular weight excluding hydrogens is 296 g/mol. The molecule has 0 radical (unpaired) electrons. The van der Waals surface area contributed by atoms with Crippen LogP contribution >= 0.6 is 0 Å². The van der Waals surface area contributed by atoms with Gasteiger partial charge >= 0.3 is 6.09 Å². The average molecular weight is 314 g/mol. The Bertz CT molecular complexity index is 751.